The predicted octanol–water partition coefficient (Wildman–Crippen LogP) is 4.91. The molecule has 1 rings (SSSR count). The van der Waals surface area contributed by atoms with E-state index < -0.39 is 0 Å². The second-order valence-corrected chi connectivity index (χ2v) is 6.08. The molecule has 114 valence electrons. The highest BCUT2D eigenvalue weighted by Crippen LogP contribution is 2.16. The van der Waals surface area contributed by atoms with Crippen molar-refractivity contribution in [2.75, 3.05) is 6.54 Å². The molecule has 0 aliphatic carbocycles. The Labute approximate surface area is 126 Å². The molecule has 1 nitrogen and oxygen atoms in total. The molecule has 1 N–H and O–H groups in total. The Bertz CT molecular complexity index is 368. The Kier molecular flexibility index (Phi) is 8.60. The van der Waals surface area contributed by atoms with Crippen LogP contribution < -0.4 is 5.32 Å². The molecule has 0 fully saturated rings. The quantitative estimate of drug-likeness (QED) is 0.598. The van der Waals surface area contributed by atoms with E-state index in [1.807, 2.05) is 0 Å². The van der Waals surface area contributed by atoms with Crippen molar-refractivity contribution in [3.8, 4) is 0 Å². The number of aryl methyl sites for hydroxylation is 3. The lowest BCUT2D eigenvalue weighted by Crippen LogP contribution is -2.23. The highest BCUT2D eigenvalue weighted by atomic mass is 14.9. The monoisotopic (exact) mass is 275 g/mol. The topological polar surface area (TPSA) is 12.0 Å². The standard InChI is InChI=1S/C19H33N/c1-5-18-13-12-17(15-19(18)6-2)11-9-7-8-10-14-20-16(3)4/h12-13,15-16,20H,5-11,14H2,1-4H3. The molecule has 1 aromatic rings. The fourth-order valence-electron chi connectivity index (χ4n) is 2.71. The van der Waals surface area contributed by atoms with Crippen LogP contribution >= 0.6 is 0 Å². The van der Waals surface area contributed by atoms with E-state index in [2.05, 4.69) is 51.2 Å². The Morgan fingerprint density at radius 2 is 1.60 bits per heavy atom. The lowest BCUT2D eigenvalue weighted by atomic mass is 9.97. The first-order valence-electron chi connectivity index (χ1n) is 8.51. The van der Waals surface area contributed by atoms with Crippen LogP contribution in [0.15, 0.2) is 18.2 Å². The van der Waals surface area contributed by atoms with Crippen molar-refractivity contribution in [1.29, 1.82) is 0 Å². The molecule has 0 aliphatic rings. The van der Waals surface area contributed by atoms with Crippen LogP contribution in [0.2, 0.25) is 0 Å². The zero-order valence-electron chi connectivity index (χ0n) is 14.0. The van der Waals surface area contributed by atoms with Gasteiger partial charge in [0.05, 0.1) is 0 Å². The predicted molar refractivity (Wildman–Crippen MR) is 90.5 cm³/mol. The van der Waals surface area contributed by atoms with Crippen LogP contribution in [0.4, 0.5) is 0 Å². The molecule has 0 saturated carbocycles. The van der Waals surface area contributed by atoms with Crippen molar-refractivity contribution < 1.29 is 0 Å². The molecular formula is C19H33N. The van der Waals surface area contributed by atoms with Gasteiger partial charge in [-0.2, -0.15) is 0 Å². The van der Waals surface area contributed by atoms with Crippen LogP contribution in [0.5, 0.6) is 0 Å². The van der Waals surface area contributed by atoms with E-state index in [-0.39, 0.29) is 0 Å². The van der Waals surface area contributed by atoms with Gasteiger partial charge in [0.25, 0.3) is 0 Å². The summed E-state index contributed by atoms with van der Waals surface area (Å²) < 4.78 is 0. The summed E-state index contributed by atoms with van der Waals surface area (Å²) in [5.74, 6) is 0. The van der Waals surface area contributed by atoms with Gasteiger partial charge in [-0.25, -0.2) is 0 Å². The van der Waals surface area contributed by atoms with Gasteiger partial charge >= 0.3 is 0 Å². The first-order chi connectivity index (χ1) is 9.67. The maximum atomic E-state index is 3.48. The van der Waals surface area contributed by atoms with Gasteiger partial charge in [-0.15, -0.1) is 0 Å². The minimum atomic E-state index is 0.625. The third-order valence-corrected chi connectivity index (χ3v) is 3.98. The van der Waals surface area contributed by atoms with Crippen molar-refractivity contribution >= 4 is 0 Å². The average molecular weight is 275 g/mol. The fraction of sp³-hybridized carbons (Fsp3) is 0.684. The Morgan fingerprint density at radius 1 is 0.900 bits per heavy atom. The molecule has 0 spiro atoms. The van der Waals surface area contributed by atoms with Crippen LogP contribution in [0, 0.1) is 0 Å². The van der Waals surface area contributed by atoms with E-state index in [0.29, 0.717) is 6.04 Å². The summed E-state index contributed by atoms with van der Waals surface area (Å²) in [4.78, 5) is 0. The Morgan fingerprint density at radius 3 is 2.25 bits per heavy atom. The molecule has 1 aromatic carbocycles. The van der Waals surface area contributed by atoms with Gasteiger partial charge in [-0.1, -0.05) is 58.7 Å². The highest BCUT2D eigenvalue weighted by molar-refractivity contribution is 5.32. The lowest BCUT2D eigenvalue weighted by Gasteiger charge is -2.09. The molecule has 0 aromatic heterocycles. The first kappa shape index (κ1) is 17.2. The maximum absolute atomic E-state index is 3.48. The van der Waals surface area contributed by atoms with Crippen LogP contribution in [0.1, 0.15) is 70.1 Å². The van der Waals surface area contributed by atoms with Gasteiger partial charge in [0.1, 0.15) is 0 Å². The van der Waals surface area contributed by atoms with Gasteiger partial charge in [0.2, 0.25) is 0 Å². The van der Waals surface area contributed by atoms with Crippen LogP contribution in [-0.4, -0.2) is 12.6 Å². The van der Waals surface area contributed by atoms with E-state index >= 15 is 0 Å². The van der Waals surface area contributed by atoms with Crippen molar-refractivity contribution in [2.24, 2.45) is 0 Å². The molecule has 0 saturated heterocycles. The largest absolute Gasteiger partial charge is 0.315 e. The second-order valence-electron chi connectivity index (χ2n) is 6.08. The number of rotatable bonds is 10. The molecule has 0 bridgehead atoms. The number of hydrogen-bond acceptors (Lipinski definition) is 1. The number of benzene rings is 1. The summed E-state index contributed by atoms with van der Waals surface area (Å²) in [6, 6.07) is 7.72. The molecule has 0 aliphatic heterocycles. The van der Waals surface area contributed by atoms with Gasteiger partial charge in [0, 0.05) is 6.04 Å². The zero-order chi connectivity index (χ0) is 14.8. The van der Waals surface area contributed by atoms with Gasteiger partial charge in [-0.3, -0.25) is 0 Å². The van der Waals surface area contributed by atoms with Gasteiger partial charge in [0.15, 0.2) is 0 Å². The molecular weight excluding hydrogens is 242 g/mol. The second kappa shape index (κ2) is 9.99. The van der Waals surface area contributed by atoms with Crippen LogP contribution in [-0.2, 0) is 19.3 Å². The maximum Gasteiger partial charge on any atom is 0.00103 e. The van der Waals surface area contributed by atoms with Crippen molar-refractivity contribution in [2.45, 2.75) is 78.7 Å². The molecule has 0 atom stereocenters. The molecule has 20 heavy (non-hydrogen) atoms. The zero-order valence-corrected chi connectivity index (χ0v) is 14.0. The molecule has 0 amide bonds. The minimum absolute atomic E-state index is 0.625. The Balaban J connectivity index is 2.22. The summed E-state index contributed by atoms with van der Waals surface area (Å²) in [6.07, 6.45) is 8.92. The SMILES string of the molecule is CCc1ccc(CCCCCCNC(C)C)cc1CC. The minimum Gasteiger partial charge on any atom is -0.315 e. The average Bonchev–Trinajstić information content (AvgIpc) is 2.45. The number of unbranched alkanes of at least 4 members (excludes halogenated alkanes) is 3. The summed E-state index contributed by atoms with van der Waals surface area (Å²) in [5, 5.41) is 3.48. The smallest absolute Gasteiger partial charge is 0.00103 e. The van der Waals surface area contributed by atoms with E-state index in [1.165, 1.54) is 49.8 Å². The summed E-state index contributed by atoms with van der Waals surface area (Å²) >= 11 is 0. The van der Waals surface area contributed by atoms with Gasteiger partial charge < -0.3 is 5.32 Å². The third-order valence-electron chi connectivity index (χ3n) is 3.98. The molecule has 0 radical (unpaired) electrons. The Hall–Kier alpha value is -0.820. The van der Waals surface area contributed by atoms with Gasteiger partial charge in [-0.05, 0) is 55.3 Å². The first-order valence-corrected chi connectivity index (χ1v) is 8.51. The van der Waals surface area contributed by atoms with Crippen LogP contribution in [0.3, 0.4) is 0 Å². The number of hydrogen-bond donors (Lipinski definition) is 1. The van der Waals surface area contributed by atoms with E-state index in [0.717, 1.165) is 12.8 Å². The normalized spacial score (nSPS) is 11.2. The van der Waals surface area contributed by atoms with Crippen molar-refractivity contribution in [3.63, 3.8) is 0 Å². The number of nitrogens with one attached hydrogen (secondary N) is 1. The fourth-order valence-corrected chi connectivity index (χ4v) is 2.71. The molecule has 1 heteroatoms. The summed E-state index contributed by atoms with van der Waals surface area (Å²) in [7, 11) is 0. The van der Waals surface area contributed by atoms with Crippen molar-refractivity contribution in [3.05, 3.63) is 34.9 Å². The van der Waals surface area contributed by atoms with Crippen molar-refractivity contribution in [1.82, 2.24) is 5.32 Å². The third kappa shape index (κ3) is 6.56. The molecule has 0 heterocycles. The van der Waals surface area contributed by atoms with E-state index in [9.17, 15) is 0 Å². The van der Waals surface area contributed by atoms with E-state index in [1.54, 1.807) is 5.56 Å². The highest BCUT2D eigenvalue weighted by Gasteiger charge is 2.01. The van der Waals surface area contributed by atoms with Crippen LogP contribution in [0.25, 0.3) is 0 Å². The van der Waals surface area contributed by atoms with E-state index in [4.69, 9.17) is 0 Å². The lowest BCUT2D eigenvalue weighted by molar-refractivity contribution is 0.542. The molecule has 0 unspecified atom stereocenters. The summed E-state index contributed by atoms with van der Waals surface area (Å²) in [6.45, 7) is 10.1. The summed E-state index contributed by atoms with van der Waals surface area (Å²) in [5.41, 5.74) is 4.60.